The topological polar surface area (TPSA) is 25.4 Å². The highest BCUT2D eigenvalue weighted by Gasteiger charge is 2.06. The van der Waals surface area contributed by atoms with Crippen LogP contribution in [-0.2, 0) is 5.33 Å². The Bertz CT molecular complexity index is 513. The first kappa shape index (κ1) is 12.9. The van der Waals surface area contributed by atoms with Crippen molar-refractivity contribution < 1.29 is 4.74 Å². The number of benzene rings is 1. The van der Waals surface area contributed by atoms with E-state index in [9.17, 15) is 0 Å². The lowest BCUT2D eigenvalue weighted by Crippen LogP contribution is -2.11. The minimum atomic E-state index is 0.823. The van der Waals surface area contributed by atoms with Gasteiger partial charge in [0.2, 0.25) is 0 Å². The molecule has 0 spiro atoms. The average Bonchev–Trinajstić information content (AvgIpc) is 2.46. The van der Waals surface area contributed by atoms with E-state index in [-0.39, 0.29) is 0 Å². The third-order valence-corrected chi connectivity index (χ3v) is 3.40. The molecule has 0 amide bonds. The lowest BCUT2D eigenvalue weighted by atomic mass is 10.2. The molecule has 0 aliphatic carbocycles. The zero-order valence-electron chi connectivity index (χ0n) is 10.4. The van der Waals surface area contributed by atoms with E-state index in [0.717, 1.165) is 28.1 Å². The summed E-state index contributed by atoms with van der Waals surface area (Å²) in [5.41, 5.74) is 2.21. The molecule has 94 valence electrons. The molecule has 1 aromatic heterocycles. The number of methoxy groups -OCH3 is 1. The van der Waals surface area contributed by atoms with Gasteiger partial charge in [0, 0.05) is 30.3 Å². The highest BCUT2D eigenvalue weighted by molar-refractivity contribution is 9.08. The lowest BCUT2D eigenvalue weighted by Gasteiger charge is -2.19. The summed E-state index contributed by atoms with van der Waals surface area (Å²) in [4.78, 5) is 6.46. The van der Waals surface area contributed by atoms with Gasteiger partial charge in [-0.25, -0.2) is 4.98 Å². The molecular weight excluding hydrogens is 292 g/mol. The molecule has 0 saturated carbocycles. The first-order chi connectivity index (χ1) is 8.74. The lowest BCUT2D eigenvalue weighted by molar-refractivity contribution is 0.415. The molecule has 2 rings (SSSR count). The summed E-state index contributed by atoms with van der Waals surface area (Å²) < 4.78 is 5.22. The summed E-state index contributed by atoms with van der Waals surface area (Å²) in [7, 11) is 3.66. The van der Waals surface area contributed by atoms with E-state index < -0.39 is 0 Å². The summed E-state index contributed by atoms with van der Waals surface area (Å²) in [6.45, 7) is 0. The summed E-state index contributed by atoms with van der Waals surface area (Å²) in [6, 6.07) is 12.0. The minimum absolute atomic E-state index is 0.823. The van der Waals surface area contributed by atoms with Crippen LogP contribution in [0.15, 0.2) is 42.6 Å². The molecule has 18 heavy (non-hydrogen) atoms. The Morgan fingerprint density at radius 2 is 2.11 bits per heavy atom. The van der Waals surface area contributed by atoms with Crippen molar-refractivity contribution in [3.8, 4) is 5.75 Å². The minimum Gasteiger partial charge on any atom is -0.497 e. The van der Waals surface area contributed by atoms with Crippen LogP contribution in [-0.4, -0.2) is 19.1 Å². The third kappa shape index (κ3) is 2.82. The van der Waals surface area contributed by atoms with Crippen LogP contribution in [0.3, 0.4) is 0 Å². The Morgan fingerprint density at radius 3 is 2.72 bits per heavy atom. The fourth-order valence-corrected chi connectivity index (χ4v) is 1.98. The van der Waals surface area contributed by atoms with Crippen LogP contribution >= 0.6 is 15.9 Å². The molecule has 3 nitrogen and oxygen atoms in total. The first-order valence-corrected chi connectivity index (χ1v) is 6.75. The standard InChI is InChI=1S/C14H15BrN2O/c1-17(12-4-3-5-13(8-12)18-2)14-7-6-11(9-15)10-16-14/h3-8,10H,9H2,1-2H3. The highest BCUT2D eigenvalue weighted by atomic mass is 79.9. The van der Waals surface area contributed by atoms with E-state index in [0.29, 0.717) is 0 Å². The van der Waals surface area contributed by atoms with Gasteiger partial charge in [-0.3, -0.25) is 0 Å². The number of anilines is 2. The van der Waals surface area contributed by atoms with Crippen LogP contribution in [0, 0.1) is 0 Å². The number of nitrogens with zero attached hydrogens (tertiary/aromatic N) is 2. The van der Waals surface area contributed by atoms with Crippen molar-refractivity contribution in [2.75, 3.05) is 19.1 Å². The average molecular weight is 307 g/mol. The molecule has 0 aliphatic rings. The second kappa shape index (κ2) is 5.87. The molecule has 0 fully saturated rings. The largest absolute Gasteiger partial charge is 0.497 e. The smallest absolute Gasteiger partial charge is 0.132 e. The molecule has 0 aliphatic heterocycles. The van der Waals surface area contributed by atoms with Gasteiger partial charge in [0.25, 0.3) is 0 Å². The maximum Gasteiger partial charge on any atom is 0.132 e. The predicted octanol–water partition coefficient (Wildman–Crippen LogP) is 3.75. The zero-order valence-corrected chi connectivity index (χ0v) is 12.0. The van der Waals surface area contributed by atoms with Crippen molar-refractivity contribution in [2.24, 2.45) is 0 Å². The number of ether oxygens (including phenoxy) is 1. The van der Waals surface area contributed by atoms with Crippen molar-refractivity contribution >= 4 is 27.4 Å². The molecule has 4 heteroatoms. The molecule has 0 atom stereocenters. The van der Waals surface area contributed by atoms with Crippen LogP contribution < -0.4 is 9.64 Å². The Balaban J connectivity index is 2.25. The molecule has 0 bridgehead atoms. The predicted molar refractivity (Wildman–Crippen MR) is 77.9 cm³/mol. The maximum absolute atomic E-state index is 5.22. The van der Waals surface area contributed by atoms with Gasteiger partial charge in [-0.1, -0.05) is 28.1 Å². The fraction of sp³-hybridized carbons (Fsp3) is 0.214. The fourth-order valence-electron chi connectivity index (χ4n) is 1.65. The van der Waals surface area contributed by atoms with Crippen LogP contribution in [0.4, 0.5) is 11.5 Å². The third-order valence-electron chi connectivity index (χ3n) is 2.75. The molecule has 0 unspecified atom stereocenters. The van der Waals surface area contributed by atoms with Crippen molar-refractivity contribution in [3.63, 3.8) is 0 Å². The quantitative estimate of drug-likeness (QED) is 0.804. The second-order valence-electron chi connectivity index (χ2n) is 3.92. The number of alkyl halides is 1. The molecule has 0 saturated heterocycles. The van der Waals surface area contributed by atoms with Gasteiger partial charge in [-0.15, -0.1) is 0 Å². The first-order valence-electron chi connectivity index (χ1n) is 5.63. The van der Waals surface area contributed by atoms with Gasteiger partial charge in [0.05, 0.1) is 7.11 Å². The zero-order chi connectivity index (χ0) is 13.0. The number of rotatable bonds is 4. The van der Waals surface area contributed by atoms with Gasteiger partial charge >= 0.3 is 0 Å². The summed E-state index contributed by atoms with van der Waals surface area (Å²) >= 11 is 3.41. The van der Waals surface area contributed by atoms with Gasteiger partial charge in [-0.2, -0.15) is 0 Å². The van der Waals surface area contributed by atoms with Gasteiger partial charge < -0.3 is 9.64 Å². The van der Waals surface area contributed by atoms with Crippen molar-refractivity contribution in [1.29, 1.82) is 0 Å². The number of aromatic nitrogens is 1. The van der Waals surface area contributed by atoms with Crippen LogP contribution in [0.2, 0.25) is 0 Å². The van der Waals surface area contributed by atoms with Crippen molar-refractivity contribution in [2.45, 2.75) is 5.33 Å². The van der Waals surface area contributed by atoms with E-state index in [4.69, 9.17) is 4.74 Å². The summed E-state index contributed by atoms with van der Waals surface area (Å²) in [5.74, 6) is 1.75. The Kier molecular flexibility index (Phi) is 4.20. The van der Waals surface area contributed by atoms with Gasteiger partial charge in [-0.05, 0) is 23.8 Å². The van der Waals surface area contributed by atoms with Gasteiger partial charge in [0.1, 0.15) is 11.6 Å². The summed E-state index contributed by atoms with van der Waals surface area (Å²) in [6.07, 6.45) is 1.88. The molecular formula is C14H15BrN2O. The maximum atomic E-state index is 5.22. The number of halogens is 1. The monoisotopic (exact) mass is 306 g/mol. The van der Waals surface area contributed by atoms with E-state index in [1.54, 1.807) is 7.11 Å². The molecule has 2 aromatic rings. The SMILES string of the molecule is COc1cccc(N(C)c2ccc(CBr)cn2)c1. The van der Waals surface area contributed by atoms with Gasteiger partial charge in [0.15, 0.2) is 0 Å². The van der Waals surface area contributed by atoms with Crippen LogP contribution in [0.1, 0.15) is 5.56 Å². The molecule has 1 aromatic carbocycles. The normalized spacial score (nSPS) is 10.2. The van der Waals surface area contributed by atoms with E-state index >= 15 is 0 Å². The molecule has 0 N–H and O–H groups in total. The van der Waals surface area contributed by atoms with E-state index in [1.807, 2.05) is 48.5 Å². The molecule has 1 heterocycles. The molecule has 0 radical (unpaired) electrons. The van der Waals surface area contributed by atoms with Crippen molar-refractivity contribution in [3.05, 3.63) is 48.2 Å². The number of hydrogen-bond acceptors (Lipinski definition) is 3. The van der Waals surface area contributed by atoms with Crippen LogP contribution in [0.5, 0.6) is 5.75 Å². The highest BCUT2D eigenvalue weighted by Crippen LogP contribution is 2.25. The Labute approximate surface area is 116 Å². The van der Waals surface area contributed by atoms with Crippen LogP contribution in [0.25, 0.3) is 0 Å². The Hall–Kier alpha value is -1.55. The van der Waals surface area contributed by atoms with E-state index in [2.05, 4.69) is 27.0 Å². The number of hydrogen-bond donors (Lipinski definition) is 0. The second-order valence-corrected chi connectivity index (χ2v) is 4.48. The summed E-state index contributed by atoms with van der Waals surface area (Å²) in [5, 5.41) is 0.823. The Morgan fingerprint density at radius 1 is 1.28 bits per heavy atom. The van der Waals surface area contributed by atoms with Crippen molar-refractivity contribution in [1.82, 2.24) is 4.98 Å². The number of pyridine rings is 1. The van der Waals surface area contributed by atoms with E-state index in [1.165, 1.54) is 0 Å².